The molecule has 0 aliphatic carbocycles. The molecule has 0 radical (unpaired) electrons. The van der Waals surface area contributed by atoms with Gasteiger partial charge in [-0.2, -0.15) is 0 Å². The van der Waals surface area contributed by atoms with Crippen molar-refractivity contribution < 1.29 is 0 Å². The van der Waals surface area contributed by atoms with Crippen LogP contribution in [0.15, 0.2) is 18.3 Å². The van der Waals surface area contributed by atoms with Gasteiger partial charge in [-0.05, 0) is 40.1 Å². The van der Waals surface area contributed by atoms with E-state index in [-0.39, 0.29) is 0 Å². The van der Waals surface area contributed by atoms with Gasteiger partial charge in [-0.3, -0.25) is 4.98 Å². The minimum atomic E-state index is 0.311. The van der Waals surface area contributed by atoms with E-state index in [1.54, 1.807) is 0 Å². The maximum atomic E-state index is 4.55. The summed E-state index contributed by atoms with van der Waals surface area (Å²) < 4.78 is 0. The lowest BCUT2D eigenvalue weighted by Crippen LogP contribution is -2.50. The van der Waals surface area contributed by atoms with E-state index in [4.69, 9.17) is 0 Å². The molecular formula is C14H24N4. The lowest BCUT2D eigenvalue weighted by Gasteiger charge is -2.38. The number of likely N-dealkylation sites (N-methyl/N-ethyl adjacent to an activating group) is 1. The van der Waals surface area contributed by atoms with E-state index < -0.39 is 0 Å². The molecule has 18 heavy (non-hydrogen) atoms. The average Bonchev–Trinajstić information content (AvgIpc) is 2.41. The fraction of sp³-hybridized carbons (Fsp3) is 0.643. The van der Waals surface area contributed by atoms with Crippen molar-refractivity contribution in [3.05, 3.63) is 24.0 Å². The minimum Gasteiger partial charge on any atom is -0.367 e. The highest BCUT2D eigenvalue weighted by Gasteiger charge is 2.20. The highest BCUT2D eigenvalue weighted by molar-refractivity contribution is 5.45. The molecule has 1 N–H and O–H groups in total. The first-order chi connectivity index (χ1) is 8.61. The predicted molar refractivity (Wildman–Crippen MR) is 76.0 cm³/mol. The van der Waals surface area contributed by atoms with Crippen LogP contribution in [0.5, 0.6) is 0 Å². The second-order valence-electron chi connectivity index (χ2n) is 5.23. The molecule has 1 saturated heterocycles. The largest absolute Gasteiger partial charge is 0.367 e. The first-order valence-electron chi connectivity index (χ1n) is 6.70. The number of nitrogens with zero attached hydrogens (tertiary/aromatic N) is 3. The van der Waals surface area contributed by atoms with Crippen molar-refractivity contribution in [1.29, 1.82) is 0 Å². The Morgan fingerprint density at radius 2 is 2.17 bits per heavy atom. The molecule has 1 aliphatic heterocycles. The van der Waals surface area contributed by atoms with Crippen molar-refractivity contribution in [3.8, 4) is 0 Å². The van der Waals surface area contributed by atoms with Gasteiger partial charge in [0.25, 0.3) is 0 Å². The number of pyridine rings is 1. The van der Waals surface area contributed by atoms with Crippen LogP contribution in [0.2, 0.25) is 0 Å². The van der Waals surface area contributed by atoms with Gasteiger partial charge in [0.1, 0.15) is 0 Å². The number of aromatic nitrogens is 1. The maximum absolute atomic E-state index is 4.55. The molecule has 0 bridgehead atoms. The van der Waals surface area contributed by atoms with Crippen molar-refractivity contribution in [3.63, 3.8) is 0 Å². The number of piperazine rings is 1. The zero-order valence-corrected chi connectivity index (χ0v) is 11.8. The van der Waals surface area contributed by atoms with E-state index in [9.17, 15) is 0 Å². The predicted octanol–water partition coefficient (Wildman–Crippen LogP) is 1.50. The van der Waals surface area contributed by atoms with Crippen LogP contribution in [0.4, 0.5) is 5.69 Å². The summed E-state index contributed by atoms with van der Waals surface area (Å²) in [7, 11) is 4.15. The summed E-state index contributed by atoms with van der Waals surface area (Å²) in [4.78, 5) is 9.38. The highest BCUT2D eigenvalue weighted by atomic mass is 15.3. The average molecular weight is 248 g/mol. The van der Waals surface area contributed by atoms with Crippen LogP contribution in [-0.2, 0) is 0 Å². The Morgan fingerprint density at radius 1 is 1.39 bits per heavy atom. The number of rotatable bonds is 3. The molecule has 1 aromatic heterocycles. The Hall–Kier alpha value is -1.13. The van der Waals surface area contributed by atoms with E-state index >= 15 is 0 Å². The van der Waals surface area contributed by atoms with Crippen LogP contribution < -0.4 is 10.2 Å². The second-order valence-corrected chi connectivity index (χ2v) is 5.23. The quantitative estimate of drug-likeness (QED) is 0.878. The molecule has 1 aromatic rings. The molecule has 100 valence electrons. The topological polar surface area (TPSA) is 31.4 Å². The SMILES string of the molecule is CNC(C)c1ccc(N2CCN(C)C(C)C2)cn1. The Bertz CT molecular complexity index is 376. The van der Waals surface area contributed by atoms with Gasteiger partial charge in [0, 0.05) is 31.7 Å². The molecule has 2 rings (SSSR count). The van der Waals surface area contributed by atoms with E-state index in [2.05, 4.69) is 53.1 Å². The van der Waals surface area contributed by atoms with Gasteiger partial charge in [0.05, 0.1) is 17.6 Å². The standard InChI is InChI=1S/C14H24N4/c1-11-10-18(8-7-17(11)4)13-5-6-14(16-9-13)12(2)15-3/h5-6,9,11-12,15H,7-8,10H2,1-4H3. The van der Waals surface area contributed by atoms with Crippen LogP contribution in [0, 0.1) is 0 Å². The number of anilines is 1. The monoisotopic (exact) mass is 248 g/mol. The Kier molecular flexibility index (Phi) is 4.19. The molecule has 1 aliphatic rings. The van der Waals surface area contributed by atoms with E-state index in [0.717, 1.165) is 25.3 Å². The molecular weight excluding hydrogens is 224 g/mol. The highest BCUT2D eigenvalue weighted by Crippen LogP contribution is 2.19. The summed E-state index contributed by atoms with van der Waals surface area (Å²) in [5.41, 5.74) is 2.34. The van der Waals surface area contributed by atoms with Crippen LogP contribution in [0.25, 0.3) is 0 Å². The maximum Gasteiger partial charge on any atom is 0.0571 e. The third kappa shape index (κ3) is 2.82. The van der Waals surface area contributed by atoms with Gasteiger partial charge < -0.3 is 15.1 Å². The van der Waals surface area contributed by atoms with Crippen LogP contribution in [0.1, 0.15) is 25.6 Å². The van der Waals surface area contributed by atoms with Crippen LogP contribution in [-0.4, -0.2) is 49.7 Å². The molecule has 2 heterocycles. The molecule has 0 aromatic carbocycles. The number of hydrogen-bond donors (Lipinski definition) is 1. The molecule has 2 unspecified atom stereocenters. The Balaban J connectivity index is 2.06. The summed E-state index contributed by atoms with van der Waals surface area (Å²) in [5, 5.41) is 3.21. The van der Waals surface area contributed by atoms with Crippen LogP contribution >= 0.6 is 0 Å². The zero-order chi connectivity index (χ0) is 13.1. The van der Waals surface area contributed by atoms with Gasteiger partial charge >= 0.3 is 0 Å². The third-order valence-corrected chi connectivity index (χ3v) is 3.97. The minimum absolute atomic E-state index is 0.311. The fourth-order valence-corrected chi connectivity index (χ4v) is 2.27. The number of hydrogen-bond acceptors (Lipinski definition) is 4. The van der Waals surface area contributed by atoms with Gasteiger partial charge in [0.2, 0.25) is 0 Å². The first kappa shape index (κ1) is 13.3. The molecule has 2 atom stereocenters. The lowest BCUT2D eigenvalue weighted by atomic mass is 10.1. The van der Waals surface area contributed by atoms with Gasteiger partial charge in [0.15, 0.2) is 0 Å². The van der Waals surface area contributed by atoms with Gasteiger partial charge in [-0.25, -0.2) is 0 Å². The van der Waals surface area contributed by atoms with E-state index in [1.807, 2.05) is 13.2 Å². The van der Waals surface area contributed by atoms with E-state index in [0.29, 0.717) is 12.1 Å². The van der Waals surface area contributed by atoms with Crippen LogP contribution in [0.3, 0.4) is 0 Å². The summed E-state index contributed by atoms with van der Waals surface area (Å²) in [6.45, 7) is 7.69. The van der Waals surface area contributed by atoms with Crippen molar-refractivity contribution >= 4 is 5.69 Å². The molecule has 4 nitrogen and oxygen atoms in total. The molecule has 0 saturated carbocycles. The van der Waals surface area contributed by atoms with Crippen molar-refractivity contribution in [2.45, 2.75) is 25.9 Å². The summed E-state index contributed by atoms with van der Waals surface area (Å²) >= 11 is 0. The summed E-state index contributed by atoms with van der Waals surface area (Å²) in [5.74, 6) is 0. The Labute approximate surface area is 110 Å². The zero-order valence-electron chi connectivity index (χ0n) is 11.8. The first-order valence-corrected chi connectivity index (χ1v) is 6.70. The lowest BCUT2D eigenvalue weighted by molar-refractivity contribution is 0.234. The van der Waals surface area contributed by atoms with Gasteiger partial charge in [-0.1, -0.05) is 0 Å². The molecule has 4 heteroatoms. The summed E-state index contributed by atoms with van der Waals surface area (Å²) in [6.07, 6.45) is 2.00. The third-order valence-electron chi connectivity index (χ3n) is 3.97. The van der Waals surface area contributed by atoms with Crippen molar-refractivity contribution in [1.82, 2.24) is 15.2 Å². The van der Waals surface area contributed by atoms with Crippen molar-refractivity contribution in [2.24, 2.45) is 0 Å². The second kappa shape index (κ2) is 5.67. The fourth-order valence-electron chi connectivity index (χ4n) is 2.27. The number of nitrogens with one attached hydrogen (secondary N) is 1. The molecule has 0 spiro atoms. The van der Waals surface area contributed by atoms with Crippen molar-refractivity contribution in [2.75, 3.05) is 38.6 Å². The normalized spacial score (nSPS) is 23.1. The van der Waals surface area contributed by atoms with E-state index in [1.165, 1.54) is 5.69 Å². The Morgan fingerprint density at radius 3 is 2.72 bits per heavy atom. The van der Waals surface area contributed by atoms with Gasteiger partial charge in [-0.15, -0.1) is 0 Å². The smallest absolute Gasteiger partial charge is 0.0571 e. The molecule has 1 fully saturated rings. The summed E-state index contributed by atoms with van der Waals surface area (Å²) in [6, 6.07) is 5.23. The molecule has 0 amide bonds.